The third-order valence-corrected chi connectivity index (χ3v) is 6.65. The van der Waals surface area contributed by atoms with Crippen LogP contribution in [0.4, 0.5) is 0 Å². The summed E-state index contributed by atoms with van der Waals surface area (Å²) >= 11 is 0. The molecule has 1 unspecified atom stereocenters. The van der Waals surface area contributed by atoms with E-state index in [0.29, 0.717) is 37.7 Å². The summed E-state index contributed by atoms with van der Waals surface area (Å²) in [7, 11) is 1.64. The number of amides is 2. The molecule has 4 rings (SSSR count). The van der Waals surface area contributed by atoms with Crippen molar-refractivity contribution in [3.63, 3.8) is 0 Å². The van der Waals surface area contributed by atoms with Gasteiger partial charge in [-0.05, 0) is 56.0 Å². The molecule has 7 heteroatoms. The highest BCUT2D eigenvalue weighted by Gasteiger charge is 2.27. The largest absolute Gasteiger partial charge is 0.493 e. The summed E-state index contributed by atoms with van der Waals surface area (Å²) in [6.07, 6.45) is 3.94. The number of rotatable bonds is 8. The van der Waals surface area contributed by atoms with Gasteiger partial charge in [-0.3, -0.25) is 14.5 Å². The van der Waals surface area contributed by atoms with Crippen LogP contribution < -0.4 is 14.8 Å². The Balaban J connectivity index is 1.37. The van der Waals surface area contributed by atoms with Gasteiger partial charge in [0, 0.05) is 44.2 Å². The maximum Gasteiger partial charge on any atom is 0.254 e. The SMILES string of the molecule is COc1ccc(CN2CCNC(=O)C2)cc1OCCC1CCCCN1C(=O)c1ccc(C)cc1. The van der Waals surface area contributed by atoms with Crippen LogP contribution in [0.1, 0.15) is 47.2 Å². The summed E-state index contributed by atoms with van der Waals surface area (Å²) in [6.45, 7) is 5.94. The van der Waals surface area contributed by atoms with Gasteiger partial charge in [0.05, 0.1) is 20.3 Å². The minimum atomic E-state index is 0.0634. The normalized spacial score (nSPS) is 18.9. The summed E-state index contributed by atoms with van der Waals surface area (Å²) in [5.41, 5.74) is 2.98. The van der Waals surface area contributed by atoms with Crippen LogP contribution in [-0.4, -0.2) is 67.6 Å². The average molecular weight is 466 g/mol. The molecule has 2 amide bonds. The number of methoxy groups -OCH3 is 1. The lowest BCUT2D eigenvalue weighted by molar-refractivity contribution is -0.124. The molecule has 2 fully saturated rings. The molecule has 1 atom stereocenters. The summed E-state index contributed by atoms with van der Waals surface area (Å²) in [4.78, 5) is 29.0. The van der Waals surface area contributed by atoms with E-state index in [9.17, 15) is 9.59 Å². The Morgan fingerprint density at radius 2 is 1.91 bits per heavy atom. The third-order valence-electron chi connectivity index (χ3n) is 6.65. The molecule has 2 aliphatic heterocycles. The predicted octanol–water partition coefficient (Wildman–Crippen LogP) is 3.40. The van der Waals surface area contributed by atoms with Crippen LogP contribution in [0.25, 0.3) is 0 Å². The fourth-order valence-electron chi connectivity index (χ4n) is 4.75. The molecule has 0 saturated carbocycles. The number of hydrogen-bond donors (Lipinski definition) is 1. The van der Waals surface area contributed by atoms with Crippen LogP contribution in [0, 0.1) is 6.92 Å². The van der Waals surface area contributed by atoms with E-state index in [2.05, 4.69) is 10.2 Å². The van der Waals surface area contributed by atoms with Gasteiger partial charge >= 0.3 is 0 Å². The van der Waals surface area contributed by atoms with Gasteiger partial charge < -0.3 is 19.7 Å². The highest BCUT2D eigenvalue weighted by atomic mass is 16.5. The van der Waals surface area contributed by atoms with Crippen LogP contribution in [0.5, 0.6) is 11.5 Å². The average Bonchev–Trinajstić information content (AvgIpc) is 2.85. The summed E-state index contributed by atoms with van der Waals surface area (Å²) in [6, 6.07) is 13.9. The maximum atomic E-state index is 13.1. The van der Waals surface area contributed by atoms with Crippen molar-refractivity contribution in [2.45, 2.75) is 45.2 Å². The van der Waals surface area contributed by atoms with Gasteiger partial charge in [-0.2, -0.15) is 0 Å². The van der Waals surface area contributed by atoms with E-state index >= 15 is 0 Å². The second-order valence-electron chi connectivity index (χ2n) is 9.20. The van der Waals surface area contributed by atoms with Crippen molar-refractivity contribution >= 4 is 11.8 Å². The van der Waals surface area contributed by atoms with Crippen molar-refractivity contribution in [1.29, 1.82) is 0 Å². The summed E-state index contributed by atoms with van der Waals surface area (Å²) in [5.74, 6) is 1.56. The number of ether oxygens (including phenoxy) is 2. The van der Waals surface area contributed by atoms with Gasteiger partial charge in [0.15, 0.2) is 11.5 Å². The van der Waals surface area contributed by atoms with Gasteiger partial charge in [-0.25, -0.2) is 0 Å². The van der Waals surface area contributed by atoms with E-state index in [1.807, 2.05) is 54.3 Å². The van der Waals surface area contributed by atoms with E-state index in [-0.39, 0.29) is 17.9 Å². The lowest BCUT2D eigenvalue weighted by Gasteiger charge is -2.36. The Morgan fingerprint density at radius 1 is 1.09 bits per heavy atom. The zero-order valence-corrected chi connectivity index (χ0v) is 20.2. The number of aryl methyl sites for hydroxylation is 1. The lowest BCUT2D eigenvalue weighted by Crippen LogP contribution is -2.47. The number of piperazine rings is 1. The molecule has 2 aliphatic rings. The molecule has 0 aliphatic carbocycles. The van der Waals surface area contributed by atoms with E-state index < -0.39 is 0 Å². The highest BCUT2D eigenvalue weighted by Crippen LogP contribution is 2.30. The van der Waals surface area contributed by atoms with Gasteiger partial charge in [0.25, 0.3) is 5.91 Å². The predicted molar refractivity (Wildman–Crippen MR) is 131 cm³/mol. The Bertz CT molecular complexity index is 992. The van der Waals surface area contributed by atoms with Gasteiger partial charge in [0.2, 0.25) is 5.91 Å². The molecule has 1 N–H and O–H groups in total. The molecule has 2 saturated heterocycles. The fourth-order valence-corrected chi connectivity index (χ4v) is 4.75. The van der Waals surface area contributed by atoms with Gasteiger partial charge in [-0.1, -0.05) is 23.8 Å². The van der Waals surface area contributed by atoms with Crippen LogP contribution in [0.15, 0.2) is 42.5 Å². The Kier molecular flexibility index (Phi) is 8.06. The van der Waals surface area contributed by atoms with E-state index in [1.165, 1.54) is 0 Å². The molecular weight excluding hydrogens is 430 g/mol. The molecule has 34 heavy (non-hydrogen) atoms. The van der Waals surface area contributed by atoms with Crippen LogP contribution >= 0.6 is 0 Å². The Hall–Kier alpha value is -3.06. The lowest BCUT2D eigenvalue weighted by atomic mass is 9.98. The number of benzene rings is 2. The molecule has 0 bridgehead atoms. The number of nitrogens with zero attached hydrogens (tertiary/aromatic N) is 2. The first-order valence-electron chi connectivity index (χ1n) is 12.2. The van der Waals surface area contributed by atoms with Crippen LogP contribution in [-0.2, 0) is 11.3 Å². The molecular formula is C27H35N3O4. The smallest absolute Gasteiger partial charge is 0.254 e. The molecule has 0 spiro atoms. The second kappa shape index (κ2) is 11.4. The zero-order valence-electron chi connectivity index (χ0n) is 20.2. The minimum Gasteiger partial charge on any atom is -0.493 e. The molecule has 2 aromatic rings. The van der Waals surface area contributed by atoms with E-state index in [1.54, 1.807) is 7.11 Å². The minimum absolute atomic E-state index is 0.0634. The Labute approximate surface area is 202 Å². The number of carbonyl (C=O) groups is 2. The van der Waals surface area contributed by atoms with Crippen LogP contribution in [0.3, 0.4) is 0 Å². The van der Waals surface area contributed by atoms with Crippen molar-refractivity contribution < 1.29 is 19.1 Å². The molecule has 7 nitrogen and oxygen atoms in total. The first-order valence-corrected chi connectivity index (χ1v) is 12.2. The second-order valence-corrected chi connectivity index (χ2v) is 9.20. The number of hydrogen-bond acceptors (Lipinski definition) is 5. The van der Waals surface area contributed by atoms with Crippen molar-refractivity contribution in [1.82, 2.24) is 15.1 Å². The first-order chi connectivity index (χ1) is 16.5. The van der Waals surface area contributed by atoms with Crippen LogP contribution in [0.2, 0.25) is 0 Å². The highest BCUT2D eigenvalue weighted by molar-refractivity contribution is 5.94. The first kappa shape index (κ1) is 24.1. The molecule has 2 aromatic carbocycles. The quantitative estimate of drug-likeness (QED) is 0.647. The third kappa shape index (κ3) is 6.08. The molecule has 0 aromatic heterocycles. The number of nitrogens with one attached hydrogen (secondary N) is 1. The monoisotopic (exact) mass is 465 g/mol. The number of likely N-dealkylation sites (tertiary alicyclic amines) is 1. The van der Waals surface area contributed by atoms with E-state index in [0.717, 1.165) is 55.5 Å². The molecule has 182 valence electrons. The topological polar surface area (TPSA) is 71.1 Å². The number of carbonyl (C=O) groups excluding carboxylic acids is 2. The van der Waals surface area contributed by atoms with Crippen molar-refractivity contribution in [2.24, 2.45) is 0 Å². The molecule has 0 radical (unpaired) electrons. The van der Waals surface area contributed by atoms with E-state index in [4.69, 9.17) is 9.47 Å². The van der Waals surface area contributed by atoms with Crippen molar-refractivity contribution in [2.75, 3.05) is 39.9 Å². The van der Waals surface area contributed by atoms with Gasteiger partial charge in [0.1, 0.15) is 0 Å². The van der Waals surface area contributed by atoms with Gasteiger partial charge in [-0.15, -0.1) is 0 Å². The molecule has 2 heterocycles. The standard InChI is InChI=1S/C27H35N3O4/c1-20-6-9-22(10-7-20)27(32)30-14-4-3-5-23(30)12-16-34-25-17-21(8-11-24(25)33-2)18-29-15-13-28-26(31)19-29/h6-11,17,23H,3-5,12-16,18-19H2,1-2H3,(H,28,31). The number of piperidine rings is 1. The maximum absolute atomic E-state index is 13.1. The van der Waals surface area contributed by atoms with Crippen molar-refractivity contribution in [3.8, 4) is 11.5 Å². The fraction of sp³-hybridized carbons (Fsp3) is 0.481. The summed E-state index contributed by atoms with van der Waals surface area (Å²) < 4.78 is 11.7. The van der Waals surface area contributed by atoms with Crippen molar-refractivity contribution in [3.05, 3.63) is 59.2 Å². The Morgan fingerprint density at radius 3 is 2.68 bits per heavy atom. The zero-order chi connectivity index (χ0) is 23.9. The summed E-state index contributed by atoms with van der Waals surface area (Å²) in [5, 5.41) is 2.86.